The van der Waals surface area contributed by atoms with Crippen LogP contribution in [0.2, 0.25) is 0 Å². The maximum absolute atomic E-state index is 12.9. The summed E-state index contributed by atoms with van der Waals surface area (Å²) in [6.45, 7) is 3.04. The number of para-hydroxylation sites is 4. The van der Waals surface area contributed by atoms with Crippen molar-refractivity contribution < 1.29 is 9.53 Å². The minimum Gasteiger partial charge on any atom is -0.378 e. The number of carbonyl (C=O) groups is 1. The molecule has 4 aromatic rings. The van der Waals surface area contributed by atoms with Crippen LogP contribution in [0.5, 0.6) is 0 Å². The summed E-state index contributed by atoms with van der Waals surface area (Å²) in [7, 11) is 0. The van der Waals surface area contributed by atoms with Gasteiger partial charge in [0.1, 0.15) is 6.33 Å². The molecule has 0 unspecified atom stereocenters. The number of carbonyl (C=O) groups excluding carboxylic acids is 1. The summed E-state index contributed by atoms with van der Waals surface area (Å²) < 4.78 is 7.46. The normalized spacial score (nSPS) is 14.1. The topological polar surface area (TPSA) is 59.4 Å². The molecular formula is C24H22N4O2. The van der Waals surface area contributed by atoms with Gasteiger partial charge >= 0.3 is 0 Å². The van der Waals surface area contributed by atoms with E-state index in [1.807, 2.05) is 77.4 Å². The molecule has 0 bridgehead atoms. The van der Waals surface area contributed by atoms with Crippen LogP contribution in [0.4, 0.5) is 11.4 Å². The number of imidazole rings is 1. The van der Waals surface area contributed by atoms with E-state index < -0.39 is 0 Å². The van der Waals surface area contributed by atoms with Crippen molar-refractivity contribution in [1.29, 1.82) is 0 Å². The third-order valence-corrected chi connectivity index (χ3v) is 5.37. The van der Waals surface area contributed by atoms with E-state index in [1.165, 1.54) is 0 Å². The van der Waals surface area contributed by atoms with Gasteiger partial charge in [0.05, 0.1) is 35.6 Å². The quantitative estimate of drug-likeness (QED) is 0.562. The van der Waals surface area contributed by atoms with E-state index >= 15 is 0 Å². The molecule has 0 spiro atoms. The van der Waals surface area contributed by atoms with Crippen LogP contribution in [-0.2, 0) is 4.74 Å². The fraction of sp³-hybridized carbons (Fsp3) is 0.167. The monoisotopic (exact) mass is 398 g/mol. The van der Waals surface area contributed by atoms with E-state index in [1.54, 1.807) is 6.33 Å². The van der Waals surface area contributed by atoms with Crippen LogP contribution in [0.15, 0.2) is 79.1 Å². The van der Waals surface area contributed by atoms with E-state index in [9.17, 15) is 4.79 Å². The summed E-state index contributed by atoms with van der Waals surface area (Å²) >= 11 is 0. The van der Waals surface area contributed by atoms with Gasteiger partial charge in [-0.25, -0.2) is 4.98 Å². The molecule has 1 aliphatic heterocycles. The zero-order valence-electron chi connectivity index (χ0n) is 16.5. The van der Waals surface area contributed by atoms with E-state index in [0.717, 1.165) is 41.2 Å². The number of benzene rings is 3. The second-order valence-electron chi connectivity index (χ2n) is 7.22. The lowest BCUT2D eigenvalue weighted by atomic mass is 10.1. The number of anilines is 2. The highest BCUT2D eigenvalue weighted by atomic mass is 16.5. The number of nitrogens with one attached hydrogen (secondary N) is 1. The Bertz CT molecular complexity index is 1180. The van der Waals surface area contributed by atoms with Crippen LogP contribution < -0.4 is 10.2 Å². The molecule has 5 rings (SSSR count). The Hall–Kier alpha value is -3.64. The Labute approximate surface area is 174 Å². The van der Waals surface area contributed by atoms with Crippen molar-refractivity contribution >= 4 is 28.3 Å². The third-order valence-electron chi connectivity index (χ3n) is 5.37. The van der Waals surface area contributed by atoms with Crippen molar-refractivity contribution in [2.45, 2.75) is 0 Å². The highest BCUT2D eigenvalue weighted by Crippen LogP contribution is 2.27. The van der Waals surface area contributed by atoms with Crippen LogP contribution in [0.1, 0.15) is 10.4 Å². The summed E-state index contributed by atoms with van der Waals surface area (Å²) in [5.41, 5.74) is 5.40. The van der Waals surface area contributed by atoms with Crippen molar-refractivity contribution in [3.05, 3.63) is 84.7 Å². The predicted molar refractivity (Wildman–Crippen MR) is 118 cm³/mol. The fourth-order valence-corrected chi connectivity index (χ4v) is 3.79. The Morgan fingerprint density at radius 2 is 1.63 bits per heavy atom. The first kappa shape index (κ1) is 18.4. The number of amides is 1. The molecular weight excluding hydrogens is 376 g/mol. The van der Waals surface area contributed by atoms with Crippen LogP contribution in [-0.4, -0.2) is 41.8 Å². The van der Waals surface area contributed by atoms with Crippen LogP contribution in [0, 0.1) is 0 Å². The first-order chi connectivity index (χ1) is 14.8. The van der Waals surface area contributed by atoms with Crippen molar-refractivity contribution in [2.24, 2.45) is 0 Å². The fourth-order valence-electron chi connectivity index (χ4n) is 3.79. The molecule has 6 heteroatoms. The second kappa shape index (κ2) is 8.00. The molecule has 150 valence electrons. The molecule has 30 heavy (non-hydrogen) atoms. The van der Waals surface area contributed by atoms with Crippen LogP contribution in [0.25, 0.3) is 16.7 Å². The summed E-state index contributed by atoms with van der Waals surface area (Å²) in [5.74, 6) is -0.127. The van der Waals surface area contributed by atoms with Crippen molar-refractivity contribution in [3.63, 3.8) is 0 Å². The molecule has 0 saturated carbocycles. The second-order valence-corrected chi connectivity index (χ2v) is 7.22. The van der Waals surface area contributed by atoms with Gasteiger partial charge in [-0.05, 0) is 48.5 Å². The maximum Gasteiger partial charge on any atom is 0.255 e. The Morgan fingerprint density at radius 1 is 0.900 bits per heavy atom. The standard InChI is InChI=1S/C24H22N4O2/c29-24(26-21-6-2-3-7-22(21)27-13-15-30-16-14-27)18-9-11-19(12-10-18)28-17-25-20-5-1-4-8-23(20)28/h1-12,17H,13-16H2,(H,26,29). The minimum absolute atomic E-state index is 0.127. The van der Waals surface area contributed by atoms with Gasteiger partial charge in [0.15, 0.2) is 0 Å². The largest absolute Gasteiger partial charge is 0.378 e. The van der Waals surface area contributed by atoms with Crippen molar-refractivity contribution in [2.75, 3.05) is 36.5 Å². The van der Waals surface area contributed by atoms with Crippen LogP contribution in [0.3, 0.4) is 0 Å². The van der Waals surface area contributed by atoms with Gasteiger partial charge in [0.2, 0.25) is 0 Å². The number of aromatic nitrogens is 2. The lowest BCUT2D eigenvalue weighted by molar-refractivity contribution is 0.102. The summed E-state index contributed by atoms with van der Waals surface area (Å²) in [6, 6.07) is 23.5. The van der Waals surface area contributed by atoms with Crippen LogP contribution >= 0.6 is 0 Å². The number of morpholine rings is 1. The smallest absolute Gasteiger partial charge is 0.255 e. The predicted octanol–water partition coefficient (Wildman–Crippen LogP) is 4.11. The zero-order chi connectivity index (χ0) is 20.3. The van der Waals surface area contributed by atoms with Crippen molar-refractivity contribution in [1.82, 2.24) is 9.55 Å². The SMILES string of the molecule is O=C(Nc1ccccc1N1CCOCC1)c1ccc(-n2cnc3ccccc32)cc1. The molecule has 0 atom stereocenters. The first-order valence-corrected chi connectivity index (χ1v) is 10.1. The molecule has 1 fully saturated rings. The number of rotatable bonds is 4. The van der Waals surface area contributed by atoms with Gasteiger partial charge in [-0.2, -0.15) is 0 Å². The van der Waals surface area contributed by atoms with Crippen molar-refractivity contribution in [3.8, 4) is 5.69 Å². The van der Waals surface area contributed by atoms with Gasteiger partial charge in [0.25, 0.3) is 5.91 Å². The molecule has 3 aromatic carbocycles. The average molecular weight is 398 g/mol. The molecule has 0 radical (unpaired) electrons. The summed E-state index contributed by atoms with van der Waals surface area (Å²) in [4.78, 5) is 19.6. The number of fused-ring (bicyclic) bond motifs is 1. The third kappa shape index (κ3) is 3.53. The van der Waals surface area contributed by atoms with Gasteiger partial charge in [-0.1, -0.05) is 24.3 Å². The average Bonchev–Trinajstić information content (AvgIpc) is 3.24. The number of hydrogen-bond acceptors (Lipinski definition) is 4. The highest BCUT2D eigenvalue weighted by Gasteiger charge is 2.16. The Morgan fingerprint density at radius 3 is 2.47 bits per heavy atom. The van der Waals surface area contributed by atoms with E-state index in [-0.39, 0.29) is 5.91 Å². The van der Waals surface area contributed by atoms with E-state index in [2.05, 4.69) is 15.2 Å². The number of hydrogen-bond donors (Lipinski definition) is 1. The van der Waals surface area contributed by atoms with Gasteiger partial charge in [-0.15, -0.1) is 0 Å². The molecule has 1 saturated heterocycles. The molecule has 1 N–H and O–H groups in total. The maximum atomic E-state index is 12.9. The Kier molecular flexibility index (Phi) is 4.91. The lowest BCUT2D eigenvalue weighted by Crippen LogP contribution is -2.36. The molecule has 1 amide bonds. The molecule has 2 heterocycles. The van der Waals surface area contributed by atoms with Gasteiger partial charge < -0.3 is 15.0 Å². The summed E-state index contributed by atoms with van der Waals surface area (Å²) in [5, 5.41) is 3.07. The zero-order valence-corrected chi connectivity index (χ0v) is 16.5. The summed E-state index contributed by atoms with van der Waals surface area (Å²) in [6.07, 6.45) is 1.80. The minimum atomic E-state index is -0.127. The molecule has 6 nitrogen and oxygen atoms in total. The molecule has 1 aliphatic rings. The molecule has 1 aromatic heterocycles. The van der Waals surface area contributed by atoms with E-state index in [4.69, 9.17) is 4.74 Å². The lowest BCUT2D eigenvalue weighted by Gasteiger charge is -2.30. The van der Waals surface area contributed by atoms with Gasteiger partial charge in [-0.3, -0.25) is 9.36 Å². The molecule has 0 aliphatic carbocycles. The number of nitrogens with zero attached hydrogens (tertiary/aromatic N) is 3. The highest BCUT2D eigenvalue weighted by molar-refractivity contribution is 6.06. The first-order valence-electron chi connectivity index (χ1n) is 10.1. The van der Waals surface area contributed by atoms with E-state index in [0.29, 0.717) is 18.8 Å². The Balaban J connectivity index is 1.36. The van der Waals surface area contributed by atoms with Gasteiger partial charge in [0, 0.05) is 24.3 Å². The number of ether oxygens (including phenoxy) is 1.